The third kappa shape index (κ3) is 3.64. The van der Waals surface area contributed by atoms with Gasteiger partial charge < -0.3 is 9.47 Å². The van der Waals surface area contributed by atoms with Gasteiger partial charge in [-0.05, 0) is 35.9 Å². The Kier molecular flexibility index (Phi) is 5.00. The number of thiazole rings is 1. The third-order valence-electron chi connectivity index (χ3n) is 3.73. The van der Waals surface area contributed by atoms with E-state index in [4.69, 9.17) is 9.47 Å². The van der Waals surface area contributed by atoms with Gasteiger partial charge in [-0.2, -0.15) is 0 Å². The average molecular weight is 354 g/mol. The van der Waals surface area contributed by atoms with Gasteiger partial charge >= 0.3 is 0 Å². The highest BCUT2D eigenvalue weighted by Crippen LogP contribution is 2.29. The van der Waals surface area contributed by atoms with Crippen molar-refractivity contribution in [1.29, 1.82) is 0 Å². The van der Waals surface area contributed by atoms with Crippen LogP contribution in [0.1, 0.15) is 5.56 Å². The number of carbonyl (C=O) groups is 1. The summed E-state index contributed by atoms with van der Waals surface area (Å²) in [6.45, 7) is 0. The molecule has 0 N–H and O–H groups in total. The van der Waals surface area contributed by atoms with E-state index in [0.29, 0.717) is 16.6 Å². The second kappa shape index (κ2) is 7.36. The Morgan fingerprint density at radius 1 is 1.12 bits per heavy atom. The van der Waals surface area contributed by atoms with Crippen LogP contribution in [-0.2, 0) is 4.79 Å². The van der Waals surface area contributed by atoms with E-state index < -0.39 is 0 Å². The zero-order valence-corrected chi connectivity index (χ0v) is 15.0. The lowest BCUT2D eigenvalue weighted by molar-refractivity contribution is -0.113. The maximum Gasteiger partial charge on any atom is 0.252 e. The lowest BCUT2D eigenvalue weighted by Crippen LogP contribution is -2.23. The number of hydrogen-bond acceptors (Lipinski definition) is 5. The molecule has 0 aliphatic rings. The van der Waals surface area contributed by atoms with Gasteiger partial charge in [0, 0.05) is 13.1 Å². The van der Waals surface area contributed by atoms with Crippen LogP contribution in [0.2, 0.25) is 0 Å². The van der Waals surface area contributed by atoms with Crippen molar-refractivity contribution in [1.82, 2.24) is 4.98 Å². The molecule has 128 valence electrons. The molecule has 1 heterocycles. The molecule has 0 saturated carbocycles. The quantitative estimate of drug-likeness (QED) is 0.650. The topological polar surface area (TPSA) is 51.7 Å². The van der Waals surface area contributed by atoms with Crippen LogP contribution in [0.25, 0.3) is 16.3 Å². The predicted octanol–water partition coefficient (Wildman–Crippen LogP) is 3.99. The molecule has 2 aromatic carbocycles. The van der Waals surface area contributed by atoms with E-state index in [9.17, 15) is 4.79 Å². The molecular weight excluding hydrogens is 336 g/mol. The minimum absolute atomic E-state index is 0.145. The first-order valence-electron chi connectivity index (χ1n) is 7.65. The number of benzene rings is 2. The molecule has 0 radical (unpaired) electrons. The molecule has 0 fully saturated rings. The Labute approximate surface area is 150 Å². The number of para-hydroxylation sites is 1. The summed E-state index contributed by atoms with van der Waals surface area (Å²) in [6, 6.07) is 13.3. The first-order chi connectivity index (χ1) is 12.1. The fourth-order valence-electron chi connectivity index (χ4n) is 2.33. The fraction of sp³-hybridized carbons (Fsp3) is 0.158. The number of methoxy groups -OCH3 is 2. The minimum Gasteiger partial charge on any atom is -0.493 e. The predicted molar refractivity (Wildman–Crippen MR) is 102 cm³/mol. The number of fused-ring (bicyclic) bond motifs is 1. The summed E-state index contributed by atoms with van der Waals surface area (Å²) in [5, 5.41) is 0.670. The van der Waals surface area contributed by atoms with Crippen molar-refractivity contribution >= 4 is 38.7 Å². The van der Waals surface area contributed by atoms with Gasteiger partial charge in [0.25, 0.3) is 5.91 Å². The number of hydrogen-bond donors (Lipinski definition) is 0. The summed E-state index contributed by atoms with van der Waals surface area (Å²) in [6.07, 6.45) is 3.27. The van der Waals surface area contributed by atoms with E-state index in [1.165, 1.54) is 17.4 Å². The second-order valence-corrected chi connectivity index (χ2v) is 6.32. The molecule has 1 amide bonds. The molecule has 3 aromatic rings. The molecule has 5 nitrogen and oxygen atoms in total. The molecule has 0 bridgehead atoms. The lowest BCUT2D eigenvalue weighted by Gasteiger charge is -2.10. The van der Waals surface area contributed by atoms with Crippen LogP contribution < -0.4 is 14.4 Å². The van der Waals surface area contributed by atoms with Gasteiger partial charge in [0.2, 0.25) is 0 Å². The lowest BCUT2D eigenvalue weighted by atomic mass is 10.2. The summed E-state index contributed by atoms with van der Waals surface area (Å²) >= 11 is 1.49. The SMILES string of the molecule is COc1ccc(/C=C/C(=O)N(C)c2nc3ccccc3s2)cc1OC. The smallest absolute Gasteiger partial charge is 0.252 e. The highest BCUT2D eigenvalue weighted by Gasteiger charge is 2.13. The molecule has 0 unspecified atom stereocenters. The molecule has 6 heteroatoms. The van der Waals surface area contributed by atoms with Crippen molar-refractivity contribution in [2.45, 2.75) is 0 Å². The molecule has 3 rings (SSSR count). The van der Waals surface area contributed by atoms with Crippen LogP contribution >= 0.6 is 11.3 Å². The van der Waals surface area contributed by atoms with Crippen LogP contribution in [0.3, 0.4) is 0 Å². The van der Waals surface area contributed by atoms with Crippen LogP contribution in [0, 0.1) is 0 Å². The molecule has 0 aliphatic heterocycles. The third-order valence-corrected chi connectivity index (χ3v) is 4.84. The van der Waals surface area contributed by atoms with Gasteiger partial charge in [0.15, 0.2) is 16.6 Å². The number of nitrogens with zero attached hydrogens (tertiary/aromatic N) is 2. The van der Waals surface area contributed by atoms with Crippen molar-refractivity contribution in [3.63, 3.8) is 0 Å². The Hall–Kier alpha value is -2.86. The number of amides is 1. The molecule has 0 spiro atoms. The van der Waals surface area contributed by atoms with Gasteiger partial charge in [-0.25, -0.2) is 4.98 Å². The summed E-state index contributed by atoms with van der Waals surface area (Å²) in [4.78, 5) is 18.5. The van der Waals surface area contributed by atoms with Crippen LogP contribution in [0.5, 0.6) is 11.5 Å². The van der Waals surface area contributed by atoms with E-state index in [0.717, 1.165) is 15.8 Å². The van der Waals surface area contributed by atoms with Gasteiger partial charge in [-0.1, -0.05) is 29.5 Å². The summed E-state index contributed by atoms with van der Waals surface area (Å²) in [5.74, 6) is 1.13. The van der Waals surface area contributed by atoms with E-state index in [2.05, 4.69) is 4.98 Å². The molecule has 0 aliphatic carbocycles. The van der Waals surface area contributed by atoms with Gasteiger partial charge in [-0.3, -0.25) is 9.69 Å². The number of aromatic nitrogens is 1. The maximum absolute atomic E-state index is 12.4. The normalized spacial score (nSPS) is 11.0. The average Bonchev–Trinajstić information content (AvgIpc) is 3.09. The molecule has 25 heavy (non-hydrogen) atoms. The largest absolute Gasteiger partial charge is 0.493 e. The van der Waals surface area contributed by atoms with Crippen LogP contribution in [0.15, 0.2) is 48.5 Å². The van der Waals surface area contributed by atoms with E-state index >= 15 is 0 Å². The number of likely N-dealkylation sites (N-methyl/N-ethyl adjacent to an activating group) is 1. The highest BCUT2D eigenvalue weighted by atomic mass is 32.1. The Balaban J connectivity index is 1.77. The maximum atomic E-state index is 12.4. The molecule has 0 atom stereocenters. The van der Waals surface area contributed by atoms with Gasteiger partial charge in [0.05, 0.1) is 24.4 Å². The zero-order valence-electron chi connectivity index (χ0n) is 14.2. The van der Waals surface area contributed by atoms with E-state index in [1.807, 2.05) is 36.4 Å². The first kappa shape index (κ1) is 17.0. The summed E-state index contributed by atoms with van der Waals surface area (Å²) < 4.78 is 11.5. The summed E-state index contributed by atoms with van der Waals surface area (Å²) in [7, 11) is 4.89. The second-order valence-electron chi connectivity index (χ2n) is 5.31. The monoisotopic (exact) mass is 354 g/mol. The first-order valence-corrected chi connectivity index (χ1v) is 8.47. The minimum atomic E-state index is -0.145. The van der Waals surface area contributed by atoms with E-state index in [-0.39, 0.29) is 5.91 Å². The standard InChI is InChI=1S/C19H18N2O3S/c1-21(19-20-14-6-4-5-7-17(14)25-19)18(22)11-9-13-8-10-15(23-2)16(12-13)24-3/h4-12H,1-3H3/b11-9+. The molecule has 0 saturated heterocycles. The number of ether oxygens (including phenoxy) is 2. The van der Waals surface area contributed by atoms with Gasteiger partial charge in [-0.15, -0.1) is 0 Å². The zero-order chi connectivity index (χ0) is 17.8. The molecular formula is C19H18N2O3S. The van der Waals surface area contributed by atoms with Crippen molar-refractivity contribution in [2.75, 3.05) is 26.2 Å². The fourth-order valence-corrected chi connectivity index (χ4v) is 3.27. The van der Waals surface area contributed by atoms with Crippen molar-refractivity contribution in [3.8, 4) is 11.5 Å². The van der Waals surface area contributed by atoms with Crippen LogP contribution in [-0.4, -0.2) is 32.2 Å². The van der Waals surface area contributed by atoms with Crippen molar-refractivity contribution in [3.05, 3.63) is 54.1 Å². The number of rotatable bonds is 5. The van der Waals surface area contributed by atoms with Crippen molar-refractivity contribution in [2.24, 2.45) is 0 Å². The van der Waals surface area contributed by atoms with Crippen LogP contribution in [0.4, 0.5) is 5.13 Å². The number of anilines is 1. The van der Waals surface area contributed by atoms with E-state index in [1.54, 1.807) is 38.3 Å². The highest BCUT2D eigenvalue weighted by molar-refractivity contribution is 7.22. The summed E-state index contributed by atoms with van der Waals surface area (Å²) in [5.41, 5.74) is 1.75. The Morgan fingerprint density at radius 3 is 2.60 bits per heavy atom. The van der Waals surface area contributed by atoms with Gasteiger partial charge in [0.1, 0.15) is 0 Å². The number of carbonyl (C=O) groups excluding carboxylic acids is 1. The van der Waals surface area contributed by atoms with Crippen molar-refractivity contribution < 1.29 is 14.3 Å². The Morgan fingerprint density at radius 2 is 1.88 bits per heavy atom. The Bertz CT molecular complexity index is 900. The molecule has 1 aromatic heterocycles.